The van der Waals surface area contributed by atoms with Crippen LogP contribution >= 0.6 is 23.4 Å². The standard InChI is InChI=1S/C35H32ClN5O4S/c1-22-7-13-26(14-8-22)41-35-32(33(39-41)23-9-11-24(36)12-10-23)34(28-18-27(44-2)15-16-29(28)45-3)46-21-31(43)40(35)20-30(42)38-19-25-6-4-5-17-37-25/h4-18,34H,19-21H2,1-3H3,(H,38,42). The number of benzene rings is 3. The molecule has 3 aromatic carbocycles. The number of thioether (sulfide) groups is 1. The Kier molecular flexibility index (Phi) is 9.28. The molecule has 46 heavy (non-hydrogen) atoms. The Morgan fingerprint density at radius 1 is 1.02 bits per heavy atom. The van der Waals surface area contributed by atoms with Crippen molar-refractivity contribution in [2.75, 3.05) is 31.4 Å². The van der Waals surface area contributed by atoms with Crippen LogP contribution < -0.4 is 19.7 Å². The summed E-state index contributed by atoms with van der Waals surface area (Å²) in [5.41, 5.74) is 5.60. The number of fused-ring (bicyclic) bond motifs is 1. The lowest BCUT2D eigenvalue weighted by Crippen LogP contribution is -2.42. The molecule has 0 spiro atoms. The maximum atomic E-state index is 14.1. The fourth-order valence-corrected chi connectivity index (χ4v) is 6.73. The molecule has 1 N–H and O–H groups in total. The largest absolute Gasteiger partial charge is 0.497 e. The summed E-state index contributed by atoms with van der Waals surface area (Å²) in [6, 6.07) is 26.5. The normalized spacial score (nSPS) is 14.4. The summed E-state index contributed by atoms with van der Waals surface area (Å²) in [6.07, 6.45) is 1.68. The van der Waals surface area contributed by atoms with Gasteiger partial charge in [-0.3, -0.25) is 19.5 Å². The van der Waals surface area contributed by atoms with Crippen molar-refractivity contribution in [2.45, 2.75) is 18.7 Å². The number of halogens is 1. The first-order chi connectivity index (χ1) is 22.4. The molecule has 6 rings (SSSR count). The average molecular weight is 654 g/mol. The summed E-state index contributed by atoms with van der Waals surface area (Å²) in [5.74, 6) is 1.37. The zero-order chi connectivity index (χ0) is 32.2. The van der Waals surface area contributed by atoms with E-state index in [1.54, 1.807) is 25.1 Å². The first-order valence-corrected chi connectivity index (χ1v) is 16.1. The molecule has 5 aromatic rings. The van der Waals surface area contributed by atoms with Crippen LogP contribution in [0.15, 0.2) is 91.1 Å². The summed E-state index contributed by atoms with van der Waals surface area (Å²) in [7, 11) is 3.23. The van der Waals surface area contributed by atoms with E-state index in [1.807, 2.05) is 91.9 Å². The maximum absolute atomic E-state index is 14.1. The van der Waals surface area contributed by atoms with Gasteiger partial charge in [0.2, 0.25) is 11.8 Å². The van der Waals surface area contributed by atoms with E-state index < -0.39 is 5.25 Å². The van der Waals surface area contributed by atoms with Crippen LogP contribution in [0.2, 0.25) is 5.02 Å². The van der Waals surface area contributed by atoms with Crippen LogP contribution in [0.3, 0.4) is 0 Å². The van der Waals surface area contributed by atoms with Crippen molar-refractivity contribution in [1.82, 2.24) is 20.1 Å². The fraction of sp³-hybridized carbons (Fsp3) is 0.200. The molecule has 1 unspecified atom stereocenters. The minimum atomic E-state index is -0.407. The van der Waals surface area contributed by atoms with Crippen molar-refractivity contribution in [1.29, 1.82) is 0 Å². The van der Waals surface area contributed by atoms with E-state index in [0.29, 0.717) is 33.7 Å². The first kappa shape index (κ1) is 31.2. The molecule has 0 fully saturated rings. The smallest absolute Gasteiger partial charge is 0.240 e. The Labute approximate surface area is 276 Å². The van der Waals surface area contributed by atoms with Crippen LogP contribution in [0.5, 0.6) is 11.5 Å². The van der Waals surface area contributed by atoms with Crippen molar-refractivity contribution in [3.8, 4) is 28.4 Å². The summed E-state index contributed by atoms with van der Waals surface area (Å²) >= 11 is 7.75. The first-order valence-electron chi connectivity index (χ1n) is 14.6. The van der Waals surface area contributed by atoms with E-state index in [-0.39, 0.29) is 30.7 Å². The Balaban J connectivity index is 1.56. The number of hydrogen-bond acceptors (Lipinski definition) is 7. The number of rotatable bonds is 9. The van der Waals surface area contributed by atoms with Gasteiger partial charge in [-0.15, -0.1) is 11.8 Å². The fourth-order valence-electron chi connectivity index (χ4n) is 5.39. The minimum Gasteiger partial charge on any atom is -0.497 e. The van der Waals surface area contributed by atoms with Crippen LogP contribution in [-0.4, -0.2) is 53.1 Å². The SMILES string of the molecule is COc1ccc(OC)c(C2SCC(=O)N(CC(=O)NCc3ccccn3)c3c2c(-c2ccc(Cl)cc2)nn3-c2ccc(C)cc2)c1. The van der Waals surface area contributed by atoms with E-state index >= 15 is 0 Å². The van der Waals surface area contributed by atoms with Crippen LogP contribution in [0, 0.1) is 6.92 Å². The van der Waals surface area contributed by atoms with E-state index in [1.165, 1.54) is 16.7 Å². The molecule has 2 aromatic heterocycles. The highest BCUT2D eigenvalue weighted by atomic mass is 35.5. The van der Waals surface area contributed by atoms with Gasteiger partial charge < -0.3 is 14.8 Å². The molecule has 1 aliphatic rings. The van der Waals surface area contributed by atoms with Gasteiger partial charge in [0.15, 0.2) is 0 Å². The Bertz CT molecular complexity index is 1860. The number of anilines is 1. The second-order valence-corrected chi connectivity index (χ2v) is 12.2. The van der Waals surface area contributed by atoms with Gasteiger partial charge in [0, 0.05) is 27.9 Å². The minimum absolute atomic E-state index is 0.112. The predicted octanol–water partition coefficient (Wildman–Crippen LogP) is 6.40. The van der Waals surface area contributed by atoms with Crippen molar-refractivity contribution in [3.05, 3.63) is 119 Å². The summed E-state index contributed by atoms with van der Waals surface area (Å²) in [5, 5.41) is 8.25. The quantitative estimate of drug-likeness (QED) is 0.197. The molecule has 0 saturated carbocycles. The third kappa shape index (κ3) is 6.45. The molecule has 0 saturated heterocycles. The molecular formula is C35H32ClN5O4S. The van der Waals surface area contributed by atoms with Crippen LogP contribution in [0.25, 0.3) is 16.9 Å². The van der Waals surface area contributed by atoms with Crippen LogP contribution in [-0.2, 0) is 16.1 Å². The van der Waals surface area contributed by atoms with Gasteiger partial charge in [0.05, 0.1) is 48.8 Å². The number of carbonyl (C=O) groups excluding carboxylic acids is 2. The lowest BCUT2D eigenvalue weighted by atomic mass is 9.98. The average Bonchev–Trinajstić information content (AvgIpc) is 3.40. The zero-order valence-corrected chi connectivity index (χ0v) is 27.1. The van der Waals surface area contributed by atoms with Crippen molar-refractivity contribution < 1.29 is 19.1 Å². The van der Waals surface area contributed by atoms with Gasteiger partial charge in [-0.1, -0.05) is 47.5 Å². The number of ether oxygens (including phenoxy) is 2. The molecule has 3 heterocycles. The number of carbonyl (C=O) groups is 2. The second-order valence-electron chi connectivity index (χ2n) is 10.7. The number of aryl methyl sites for hydroxylation is 1. The molecule has 1 aliphatic heterocycles. The van der Waals surface area contributed by atoms with E-state index in [4.69, 9.17) is 26.2 Å². The molecule has 2 amide bonds. The Morgan fingerprint density at radius 2 is 1.80 bits per heavy atom. The lowest BCUT2D eigenvalue weighted by molar-refractivity contribution is -0.123. The maximum Gasteiger partial charge on any atom is 0.240 e. The molecular weight excluding hydrogens is 622 g/mol. The number of nitrogens with zero attached hydrogens (tertiary/aromatic N) is 4. The number of pyridine rings is 1. The monoisotopic (exact) mass is 653 g/mol. The molecule has 1 atom stereocenters. The van der Waals surface area contributed by atoms with Crippen molar-refractivity contribution in [2.24, 2.45) is 0 Å². The van der Waals surface area contributed by atoms with Gasteiger partial charge in [-0.05, 0) is 61.5 Å². The predicted molar refractivity (Wildman–Crippen MR) is 181 cm³/mol. The highest BCUT2D eigenvalue weighted by Gasteiger charge is 2.39. The van der Waals surface area contributed by atoms with Crippen LogP contribution in [0.4, 0.5) is 5.82 Å². The van der Waals surface area contributed by atoms with Gasteiger partial charge in [-0.2, -0.15) is 5.10 Å². The highest BCUT2D eigenvalue weighted by molar-refractivity contribution is 8.00. The van der Waals surface area contributed by atoms with E-state index in [0.717, 1.165) is 27.9 Å². The van der Waals surface area contributed by atoms with Crippen molar-refractivity contribution >= 4 is 41.0 Å². The molecule has 9 nitrogen and oxygen atoms in total. The van der Waals surface area contributed by atoms with Gasteiger partial charge in [-0.25, -0.2) is 4.68 Å². The molecule has 11 heteroatoms. The highest BCUT2D eigenvalue weighted by Crippen LogP contribution is 2.51. The number of aromatic nitrogens is 3. The summed E-state index contributed by atoms with van der Waals surface area (Å²) < 4.78 is 13.2. The molecule has 0 aliphatic carbocycles. The third-order valence-electron chi connectivity index (χ3n) is 7.70. The number of amides is 2. The third-order valence-corrected chi connectivity index (χ3v) is 9.19. The van der Waals surface area contributed by atoms with E-state index in [9.17, 15) is 9.59 Å². The van der Waals surface area contributed by atoms with E-state index in [2.05, 4.69) is 10.3 Å². The Morgan fingerprint density at radius 3 is 2.50 bits per heavy atom. The van der Waals surface area contributed by atoms with Crippen molar-refractivity contribution in [3.63, 3.8) is 0 Å². The zero-order valence-electron chi connectivity index (χ0n) is 25.6. The summed E-state index contributed by atoms with van der Waals surface area (Å²) in [4.78, 5) is 33.4. The van der Waals surface area contributed by atoms with Gasteiger partial charge >= 0.3 is 0 Å². The molecule has 0 radical (unpaired) electrons. The van der Waals surface area contributed by atoms with Gasteiger partial charge in [0.25, 0.3) is 0 Å². The van der Waals surface area contributed by atoms with Crippen LogP contribution in [0.1, 0.15) is 27.6 Å². The Hall–Kier alpha value is -4.80. The van der Waals surface area contributed by atoms with Gasteiger partial charge in [0.1, 0.15) is 23.9 Å². The number of hydrogen-bond donors (Lipinski definition) is 1. The second kappa shape index (κ2) is 13.7. The topological polar surface area (TPSA) is 98.6 Å². The molecule has 0 bridgehead atoms. The summed E-state index contributed by atoms with van der Waals surface area (Å²) in [6.45, 7) is 2.04. The lowest BCUT2D eigenvalue weighted by Gasteiger charge is -2.23. The molecule has 234 valence electrons. The number of nitrogens with one attached hydrogen (secondary N) is 1. The number of methoxy groups -OCH3 is 2.